The Kier molecular flexibility index (Phi) is 5.59. The first-order valence-electron chi connectivity index (χ1n) is 8.19. The Hall–Kier alpha value is -2.10. The molecule has 4 heteroatoms. The zero-order valence-electron chi connectivity index (χ0n) is 14.2. The molecule has 0 aromatic heterocycles. The Labute approximate surface area is 138 Å². The van der Waals surface area contributed by atoms with Gasteiger partial charge in [-0.2, -0.15) is 0 Å². The van der Waals surface area contributed by atoms with E-state index in [0.29, 0.717) is 13.1 Å². The largest absolute Gasteiger partial charge is 0.350 e. The lowest BCUT2D eigenvalue weighted by molar-refractivity contribution is -0.140. The number of rotatable bonds is 3. The molecule has 0 bridgehead atoms. The van der Waals surface area contributed by atoms with Crippen LogP contribution in [-0.2, 0) is 9.59 Å². The maximum Gasteiger partial charge on any atom is 0.244 e. The van der Waals surface area contributed by atoms with Crippen LogP contribution in [0.2, 0.25) is 0 Å². The molecule has 0 saturated carbocycles. The Balaban J connectivity index is 1.79. The summed E-state index contributed by atoms with van der Waals surface area (Å²) in [6.45, 7) is 7.25. The van der Waals surface area contributed by atoms with Crippen LogP contribution < -0.4 is 5.32 Å². The summed E-state index contributed by atoms with van der Waals surface area (Å²) in [6, 6.07) is 9.90. The summed E-state index contributed by atoms with van der Waals surface area (Å²) in [5, 5.41) is 3.02. The molecule has 0 aliphatic carbocycles. The van der Waals surface area contributed by atoms with Gasteiger partial charge in [0.25, 0.3) is 0 Å². The van der Waals surface area contributed by atoms with Gasteiger partial charge >= 0.3 is 0 Å². The van der Waals surface area contributed by atoms with Gasteiger partial charge in [-0.1, -0.05) is 51.1 Å². The molecule has 1 aliphatic heterocycles. The second-order valence-corrected chi connectivity index (χ2v) is 7.07. The van der Waals surface area contributed by atoms with E-state index < -0.39 is 0 Å². The van der Waals surface area contributed by atoms with Gasteiger partial charge in [0, 0.05) is 30.6 Å². The van der Waals surface area contributed by atoms with E-state index in [2.05, 4.69) is 5.32 Å². The molecule has 1 heterocycles. The van der Waals surface area contributed by atoms with E-state index in [1.165, 1.54) is 0 Å². The van der Waals surface area contributed by atoms with Crippen molar-refractivity contribution in [2.24, 2.45) is 5.41 Å². The summed E-state index contributed by atoms with van der Waals surface area (Å²) in [7, 11) is 0. The van der Waals surface area contributed by atoms with Gasteiger partial charge in [0.05, 0.1) is 0 Å². The zero-order chi connectivity index (χ0) is 16.9. The number of hydrogen-bond donors (Lipinski definition) is 1. The number of likely N-dealkylation sites (tertiary alicyclic amines) is 1. The first kappa shape index (κ1) is 17.3. The van der Waals surface area contributed by atoms with Gasteiger partial charge in [0.15, 0.2) is 0 Å². The molecule has 2 amide bonds. The maximum absolute atomic E-state index is 12.2. The third kappa shape index (κ3) is 5.23. The van der Waals surface area contributed by atoms with E-state index in [1.54, 1.807) is 6.08 Å². The van der Waals surface area contributed by atoms with Gasteiger partial charge < -0.3 is 10.2 Å². The molecule has 0 unspecified atom stereocenters. The van der Waals surface area contributed by atoms with Gasteiger partial charge in [-0.25, -0.2) is 0 Å². The van der Waals surface area contributed by atoms with E-state index in [4.69, 9.17) is 0 Å². The molecule has 0 radical (unpaired) electrons. The monoisotopic (exact) mass is 314 g/mol. The number of nitrogens with one attached hydrogen (secondary N) is 1. The molecule has 23 heavy (non-hydrogen) atoms. The van der Waals surface area contributed by atoms with Gasteiger partial charge in [0.1, 0.15) is 0 Å². The smallest absolute Gasteiger partial charge is 0.244 e. The number of nitrogens with zero attached hydrogens (tertiary/aromatic N) is 1. The minimum absolute atomic E-state index is 0.0746. The Morgan fingerprint density at radius 1 is 1.13 bits per heavy atom. The molecule has 1 fully saturated rings. The highest BCUT2D eigenvalue weighted by Crippen LogP contribution is 2.21. The molecule has 0 atom stereocenters. The molecule has 1 aromatic carbocycles. The van der Waals surface area contributed by atoms with Crippen molar-refractivity contribution in [1.29, 1.82) is 0 Å². The molecule has 1 aliphatic rings. The van der Waals surface area contributed by atoms with Crippen LogP contribution >= 0.6 is 0 Å². The lowest BCUT2D eigenvalue weighted by atomic mass is 9.93. The third-order valence-corrected chi connectivity index (χ3v) is 4.00. The van der Waals surface area contributed by atoms with Crippen LogP contribution in [0.3, 0.4) is 0 Å². The predicted molar refractivity (Wildman–Crippen MR) is 92.7 cm³/mol. The summed E-state index contributed by atoms with van der Waals surface area (Å²) in [5.41, 5.74) is 0.669. The summed E-state index contributed by atoms with van der Waals surface area (Å²) in [4.78, 5) is 26.1. The predicted octanol–water partition coefficient (Wildman–Crippen LogP) is 2.85. The SMILES string of the molecule is CC(C)(C)C(=O)N1CCC(NC(=O)/C=C/c2ccccc2)CC1. The van der Waals surface area contributed by atoms with Crippen molar-refractivity contribution in [1.82, 2.24) is 10.2 Å². The van der Waals surface area contributed by atoms with Crippen LogP contribution in [0.5, 0.6) is 0 Å². The van der Waals surface area contributed by atoms with Gasteiger partial charge in [-0.15, -0.1) is 0 Å². The number of amides is 2. The van der Waals surface area contributed by atoms with E-state index in [-0.39, 0.29) is 23.3 Å². The molecule has 124 valence electrons. The molecule has 1 saturated heterocycles. The number of hydrogen-bond acceptors (Lipinski definition) is 2. The van der Waals surface area contributed by atoms with Crippen LogP contribution in [0, 0.1) is 5.41 Å². The Morgan fingerprint density at radius 2 is 1.74 bits per heavy atom. The van der Waals surface area contributed by atoms with Crippen LogP contribution in [0.4, 0.5) is 0 Å². The fourth-order valence-electron chi connectivity index (χ4n) is 2.69. The maximum atomic E-state index is 12.2. The number of benzene rings is 1. The van der Waals surface area contributed by atoms with Crippen molar-refractivity contribution >= 4 is 17.9 Å². The van der Waals surface area contributed by atoms with Crippen molar-refractivity contribution in [3.63, 3.8) is 0 Å². The second-order valence-electron chi connectivity index (χ2n) is 7.07. The molecule has 4 nitrogen and oxygen atoms in total. The highest BCUT2D eigenvalue weighted by molar-refractivity contribution is 5.91. The van der Waals surface area contributed by atoms with Crippen molar-refractivity contribution in [2.45, 2.75) is 39.7 Å². The van der Waals surface area contributed by atoms with E-state index in [0.717, 1.165) is 18.4 Å². The van der Waals surface area contributed by atoms with Crippen LogP contribution in [0.1, 0.15) is 39.2 Å². The molecule has 1 N–H and O–H groups in total. The standard InChI is InChI=1S/C19H26N2O2/c1-19(2,3)18(23)21-13-11-16(12-14-21)20-17(22)10-9-15-7-5-4-6-8-15/h4-10,16H,11-14H2,1-3H3,(H,20,22)/b10-9+. The Bertz CT molecular complexity index is 565. The van der Waals surface area contributed by atoms with E-state index in [1.807, 2.05) is 62.1 Å². The quantitative estimate of drug-likeness (QED) is 0.872. The third-order valence-electron chi connectivity index (χ3n) is 4.00. The lowest BCUT2D eigenvalue weighted by Crippen LogP contribution is -2.49. The van der Waals surface area contributed by atoms with Crippen molar-refractivity contribution in [2.75, 3.05) is 13.1 Å². The average molecular weight is 314 g/mol. The van der Waals surface area contributed by atoms with E-state index in [9.17, 15) is 9.59 Å². The highest BCUT2D eigenvalue weighted by atomic mass is 16.2. The van der Waals surface area contributed by atoms with Gasteiger partial charge in [-0.05, 0) is 24.5 Å². The molecule has 2 rings (SSSR count). The van der Waals surface area contributed by atoms with Crippen LogP contribution in [0.25, 0.3) is 6.08 Å². The molecular formula is C19H26N2O2. The summed E-state index contributed by atoms with van der Waals surface area (Å²) in [6.07, 6.45) is 5.01. The van der Waals surface area contributed by atoms with Crippen molar-refractivity contribution in [3.8, 4) is 0 Å². The van der Waals surface area contributed by atoms with Crippen molar-refractivity contribution < 1.29 is 9.59 Å². The van der Waals surface area contributed by atoms with Crippen LogP contribution in [-0.4, -0.2) is 35.8 Å². The molecule has 0 spiro atoms. The highest BCUT2D eigenvalue weighted by Gasteiger charge is 2.30. The number of piperidine rings is 1. The second kappa shape index (κ2) is 7.44. The molecular weight excluding hydrogens is 288 g/mol. The first-order valence-corrected chi connectivity index (χ1v) is 8.19. The van der Waals surface area contributed by atoms with E-state index >= 15 is 0 Å². The van der Waals surface area contributed by atoms with Gasteiger partial charge in [0.2, 0.25) is 11.8 Å². The number of carbonyl (C=O) groups is 2. The minimum atomic E-state index is -0.339. The zero-order valence-corrected chi connectivity index (χ0v) is 14.2. The van der Waals surface area contributed by atoms with Crippen LogP contribution in [0.15, 0.2) is 36.4 Å². The summed E-state index contributed by atoms with van der Waals surface area (Å²) < 4.78 is 0. The topological polar surface area (TPSA) is 49.4 Å². The fraction of sp³-hybridized carbons (Fsp3) is 0.474. The number of carbonyl (C=O) groups excluding carboxylic acids is 2. The Morgan fingerprint density at radius 3 is 2.30 bits per heavy atom. The van der Waals surface area contributed by atoms with Gasteiger partial charge in [-0.3, -0.25) is 9.59 Å². The summed E-state index contributed by atoms with van der Waals surface area (Å²) in [5.74, 6) is 0.112. The fourth-order valence-corrected chi connectivity index (χ4v) is 2.69. The minimum Gasteiger partial charge on any atom is -0.350 e. The lowest BCUT2D eigenvalue weighted by Gasteiger charge is -2.35. The normalized spacial score (nSPS) is 16.6. The van der Waals surface area contributed by atoms with Crippen molar-refractivity contribution in [3.05, 3.63) is 42.0 Å². The molecule has 1 aromatic rings. The first-order chi connectivity index (χ1) is 10.9. The average Bonchev–Trinajstić information content (AvgIpc) is 2.53. The summed E-state index contributed by atoms with van der Waals surface area (Å²) >= 11 is 0.